The Labute approximate surface area is 292 Å². The predicted molar refractivity (Wildman–Crippen MR) is 202 cm³/mol. The zero-order chi connectivity index (χ0) is 39.7. The van der Waals surface area contributed by atoms with Gasteiger partial charge in [-0.1, -0.05) is 158 Å². The van der Waals surface area contributed by atoms with E-state index < -0.39 is 59.9 Å². The average molecular weight is 623 g/mol. The second-order valence-corrected chi connectivity index (χ2v) is 11.4. The van der Waals surface area contributed by atoms with Crippen molar-refractivity contribution in [3.05, 3.63) is 188 Å². The number of hydrogen-bond donors (Lipinski definition) is 0. The first-order chi connectivity index (χ1) is 27.6. The fraction of sp³-hybridized carbons (Fsp3) is 0. The molecule has 0 aliphatic carbocycles. The van der Waals surface area contributed by atoms with Gasteiger partial charge in [0.2, 0.25) is 0 Å². The molecule has 0 atom stereocenters. The van der Waals surface area contributed by atoms with E-state index in [4.69, 9.17) is 11.3 Å². The maximum absolute atomic E-state index is 9.57. The first kappa shape index (κ1) is 20.0. The highest BCUT2D eigenvalue weighted by molar-refractivity contribution is 6.17. The van der Waals surface area contributed by atoms with Crippen LogP contribution in [-0.2, 0) is 0 Å². The van der Waals surface area contributed by atoms with Gasteiger partial charge in [0.25, 0.3) is 0 Å². The van der Waals surface area contributed by atoms with Crippen molar-refractivity contribution >= 4 is 49.8 Å². The summed E-state index contributed by atoms with van der Waals surface area (Å²) in [7, 11) is 0. The van der Waals surface area contributed by atoms with Crippen LogP contribution in [0, 0.1) is 0 Å². The van der Waals surface area contributed by atoms with Crippen molar-refractivity contribution in [2.75, 3.05) is 4.90 Å². The molecule has 0 saturated heterocycles. The van der Waals surface area contributed by atoms with Gasteiger partial charge >= 0.3 is 0 Å². The minimum absolute atomic E-state index is 0.0836. The van der Waals surface area contributed by atoms with Crippen LogP contribution in [0.25, 0.3) is 66.1 Å². The molecule has 0 aliphatic heterocycles. The lowest BCUT2D eigenvalue weighted by Gasteiger charge is -2.30. The molecule has 0 bridgehead atoms. The maximum Gasteiger partial charge on any atom is 0.143 e. The van der Waals surface area contributed by atoms with Crippen molar-refractivity contribution in [3.63, 3.8) is 0 Å². The normalized spacial score (nSPS) is 14.0. The number of nitrogens with zero attached hydrogens (tertiary/aromatic N) is 1. The molecule has 0 unspecified atom stereocenters. The Bertz CT molecular complexity index is 3030. The van der Waals surface area contributed by atoms with E-state index in [-0.39, 0.29) is 11.3 Å². The number of anilines is 3. The van der Waals surface area contributed by atoms with Gasteiger partial charge in [0.15, 0.2) is 0 Å². The molecule has 0 aliphatic rings. The predicted octanol–water partition coefficient (Wildman–Crippen LogP) is 13.2. The molecule has 9 aromatic rings. The first-order valence-corrected chi connectivity index (χ1v) is 15.6. The van der Waals surface area contributed by atoms with Crippen molar-refractivity contribution in [3.8, 4) is 33.4 Å². The van der Waals surface area contributed by atoms with Crippen LogP contribution in [0.5, 0.6) is 0 Å². The van der Waals surface area contributed by atoms with Gasteiger partial charge in [0.1, 0.15) is 11.2 Å². The highest BCUT2D eigenvalue weighted by atomic mass is 16.3. The Morgan fingerprint density at radius 1 is 0.396 bits per heavy atom. The van der Waals surface area contributed by atoms with E-state index in [9.17, 15) is 5.48 Å². The molecule has 1 aromatic heterocycles. The third-order valence-corrected chi connectivity index (χ3v) is 8.64. The third kappa shape index (κ3) is 4.74. The van der Waals surface area contributed by atoms with Crippen LogP contribution in [0.15, 0.2) is 192 Å². The summed E-state index contributed by atoms with van der Waals surface area (Å²) in [5.74, 6) is 0. The van der Waals surface area contributed by atoms with Crippen molar-refractivity contribution < 1.29 is 16.8 Å². The molecule has 0 spiro atoms. The average Bonchev–Trinajstić information content (AvgIpc) is 3.64. The van der Waals surface area contributed by atoms with E-state index in [2.05, 4.69) is 12.1 Å². The molecule has 48 heavy (non-hydrogen) atoms. The van der Waals surface area contributed by atoms with Crippen molar-refractivity contribution in [1.82, 2.24) is 0 Å². The van der Waals surface area contributed by atoms with Gasteiger partial charge in [-0.15, -0.1) is 0 Å². The molecule has 0 saturated carbocycles. The molecule has 226 valence electrons. The summed E-state index contributed by atoms with van der Waals surface area (Å²) < 4.78 is 86.4. The summed E-state index contributed by atoms with van der Waals surface area (Å²) >= 11 is 0. The molecular formula is C46H31NO. The largest absolute Gasteiger partial charge is 0.455 e. The number of fused-ring (bicyclic) bond motifs is 5. The van der Waals surface area contributed by atoms with Crippen LogP contribution in [0.4, 0.5) is 17.1 Å². The maximum atomic E-state index is 9.57. The lowest BCUT2D eigenvalue weighted by molar-refractivity contribution is 0.674. The second kappa shape index (κ2) is 11.8. The van der Waals surface area contributed by atoms with Crippen LogP contribution in [0.3, 0.4) is 0 Å². The molecule has 2 nitrogen and oxygen atoms in total. The fourth-order valence-corrected chi connectivity index (χ4v) is 6.45. The van der Waals surface area contributed by atoms with Crippen LogP contribution in [-0.4, -0.2) is 0 Å². The number of benzene rings is 8. The monoisotopic (exact) mass is 622 g/mol. The lowest BCUT2D eigenvalue weighted by Crippen LogP contribution is -2.12. The minimum Gasteiger partial charge on any atom is -0.455 e. The topological polar surface area (TPSA) is 16.4 Å². The van der Waals surface area contributed by atoms with Crippen LogP contribution in [0.2, 0.25) is 0 Å². The van der Waals surface area contributed by atoms with E-state index in [0.717, 1.165) is 43.8 Å². The fourth-order valence-electron chi connectivity index (χ4n) is 6.45. The molecule has 8 aromatic carbocycles. The zero-order valence-corrected chi connectivity index (χ0v) is 25.6. The second-order valence-electron chi connectivity index (χ2n) is 11.4. The summed E-state index contributed by atoms with van der Waals surface area (Å²) in [6.07, 6.45) is 0. The highest BCUT2D eigenvalue weighted by Crippen LogP contribution is 2.47. The van der Waals surface area contributed by atoms with Gasteiger partial charge in [-0.3, -0.25) is 0 Å². The molecule has 9 rings (SSSR count). The molecule has 2 heteroatoms. The van der Waals surface area contributed by atoms with Crippen LogP contribution < -0.4 is 4.90 Å². The number of hydrogen-bond acceptors (Lipinski definition) is 2. The SMILES string of the molecule is [2H]c1c([2H])c([2H])c(-c2c([2H])c([2H])c(N(c3ccccc3-c3ccccc3)c3ccccc3-c3cccc4c3oc3c5ccccc5ccc43)c([2H])c2[2H])c([2H])c1[2H]. The Morgan fingerprint density at radius 2 is 1.00 bits per heavy atom. The molecule has 0 amide bonds. The van der Waals surface area contributed by atoms with Gasteiger partial charge in [0, 0.05) is 38.5 Å². The standard InChI is InChI=1S/C46H31NO/c1-3-14-32(15-4-1)33-26-29-36(30-27-33)47(43-24-11-9-19-37(43)34-16-5-2-6-17-34)44-25-12-10-21-39(44)40-22-13-23-41-42-31-28-35-18-7-8-20-38(35)45(42)48-46(40)41/h1-31H/i1D,3D,4D,14D,15D,26D,27D,29D,30D. The van der Waals surface area contributed by atoms with Gasteiger partial charge in [-0.2, -0.15) is 0 Å². The smallest absolute Gasteiger partial charge is 0.143 e. The summed E-state index contributed by atoms with van der Waals surface area (Å²) in [6, 6.07) is 37.8. The molecular weight excluding hydrogens is 583 g/mol. The summed E-state index contributed by atoms with van der Waals surface area (Å²) in [4.78, 5) is 1.72. The summed E-state index contributed by atoms with van der Waals surface area (Å²) in [5, 5.41) is 3.89. The van der Waals surface area contributed by atoms with E-state index in [0.29, 0.717) is 22.5 Å². The quantitative estimate of drug-likeness (QED) is 0.183. The molecule has 0 N–H and O–H groups in total. The van der Waals surface area contributed by atoms with Crippen molar-refractivity contribution in [2.45, 2.75) is 0 Å². The van der Waals surface area contributed by atoms with E-state index in [1.807, 2.05) is 121 Å². The van der Waals surface area contributed by atoms with Gasteiger partial charge in [-0.05, 0) is 52.4 Å². The van der Waals surface area contributed by atoms with Crippen molar-refractivity contribution in [1.29, 1.82) is 0 Å². The number of furan rings is 1. The van der Waals surface area contributed by atoms with E-state index >= 15 is 0 Å². The van der Waals surface area contributed by atoms with Gasteiger partial charge in [0.05, 0.1) is 23.7 Å². The Kier molecular flexibility index (Phi) is 4.90. The van der Waals surface area contributed by atoms with Crippen molar-refractivity contribution in [2.24, 2.45) is 0 Å². The third-order valence-electron chi connectivity index (χ3n) is 8.64. The van der Waals surface area contributed by atoms with Crippen LogP contribution in [0.1, 0.15) is 12.3 Å². The van der Waals surface area contributed by atoms with E-state index in [1.54, 1.807) is 4.90 Å². The Morgan fingerprint density at radius 3 is 1.81 bits per heavy atom. The first-order valence-electron chi connectivity index (χ1n) is 20.1. The Balaban J connectivity index is 1.36. The van der Waals surface area contributed by atoms with E-state index in [1.165, 1.54) is 0 Å². The molecule has 0 fully saturated rings. The highest BCUT2D eigenvalue weighted by Gasteiger charge is 2.22. The Hall–Kier alpha value is -6.38. The van der Waals surface area contributed by atoms with Crippen LogP contribution >= 0.6 is 0 Å². The lowest BCUT2D eigenvalue weighted by atomic mass is 9.97. The molecule has 0 radical (unpaired) electrons. The summed E-state index contributed by atoms with van der Waals surface area (Å²) in [6.45, 7) is 0. The minimum atomic E-state index is -0.632. The van der Waals surface area contributed by atoms with Gasteiger partial charge < -0.3 is 9.32 Å². The zero-order valence-electron chi connectivity index (χ0n) is 34.6. The number of para-hydroxylation sites is 3. The number of rotatable bonds is 6. The van der Waals surface area contributed by atoms with Gasteiger partial charge in [-0.25, -0.2) is 0 Å². The molecule has 1 heterocycles. The summed E-state index contributed by atoms with van der Waals surface area (Å²) in [5.41, 5.74) is 4.69.